The molecule has 0 heterocycles. The fourth-order valence-corrected chi connectivity index (χ4v) is 2.56. The van der Waals surface area contributed by atoms with Gasteiger partial charge in [0.15, 0.2) is 0 Å². The summed E-state index contributed by atoms with van der Waals surface area (Å²) in [5.41, 5.74) is 1.25. The molecule has 1 amide bonds. The Bertz CT molecular complexity index is 698. The molecule has 0 aliphatic carbocycles. The highest BCUT2D eigenvalue weighted by atomic mass is 35.5. The van der Waals surface area contributed by atoms with Crippen LogP contribution in [-0.4, -0.2) is 24.0 Å². The summed E-state index contributed by atoms with van der Waals surface area (Å²) in [6.07, 6.45) is 0. The van der Waals surface area contributed by atoms with Crippen molar-refractivity contribution in [1.82, 2.24) is 0 Å². The van der Waals surface area contributed by atoms with Crippen molar-refractivity contribution in [3.63, 3.8) is 0 Å². The van der Waals surface area contributed by atoms with Crippen LogP contribution in [0.2, 0.25) is 5.02 Å². The molecule has 0 saturated carbocycles. The second kappa shape index (κ2) is 9.09. The maximum atomic E-state index is 11.8. The van der Waals surface area contributed by atoms with Crippen LogP contribution in [0.1, 0.15) is 5.56 Å². The number of nitrogens with one attached hydrogen (secondary N) is 1. The number of nitrogens with zero attached hydrogens (tertiary/aromatic N) is 1. The van der Waals surface area contributed by atoms with Gasteiger partial charge in [-0.25, -0.2) is 0 Å². The lowest BCUT2D eigenvalue weighted by Gasteiger charge is -2.08. The minimum atomic E-state index is -0.0857. The first-order chi connectivity index (χ1) is 11.2. The van der Waals surface area contributed by atoms with Gasteiger partial charge < -0.3 is 10.1 Å². The van der Waals surface area contributed by atoms with Crippen LogP contribution in [0.25, 0.3) is 0 Å². The highest BCUT2D eigenvalue weighted by molar-refractivity contribution is 7.99. The lowest BCUT2D eigenvalue weighted by Crippen LogP contribution is -2.15. The molecule has 23 heavy (non-hydrogen) atoms. The van der Waals surface area contributed by atoms with Crippen LogP contribution in [-0.2, 0) is 4.79 Å². The molecule has 2 aromatic carbocycles. The number of nitriles is 1. The summed E-state index contributed by atoms with van der Waals surface area (Å²) in [5.74, 6) is 1.59. The van der Waals surface area contributed by atoms with E-state index in [-0.39, 0.29) is 5.91 Å². The van der Waals surface area contributed by atoms with Gasteiger partial charge in [0.1, 0.15) is 5.75 Å². The zero-order valence-corrected chi connectivity index (χ0v) is 13.9. The number of rotatable bonds is 7. The molecule has 0 bridgehead atoms. The van der Waals surface area contributed by atoms with Gasteiger partial charge >= 0.3 is 0 Å². The van der Waals surface area contributed by atoms with Gasteiger partial charge in [-0.05, 0) is 36.4 Å². The SMILES string of the molecule is N#Cc1ccc(NC(=O)CSCCOc2ccccc2Cl)cc1. The molecule has 2 aromatic rings. The van der Waals surface area contributed by atoms with E-state index in [2.05, 4.69) is 5.32 Å². The van der Waals surface area contributed by atoms with Crippen molar-refractivity contribution < 1.29 is 9.53 Å². The molecular formula is C17H15ClN2O2S. The van der Waals surface area contributed by atoms with Gasteiger partial charge in [-0.3, -0.25) is 4.79 Å². The van der Waals surface area contributed by atoms with Gasteiger partial charge in [-0.15, -0.1) is 11.8 Å². The monoisotopic (exact) mass is 346 g/mol. The third-order valence-corrected chi connectivity index (χ3v) is 4.09. The van der Waals surface area contributed by atoms with E-state index >= 15 is 0 Å². The van der Waals surface area contributed by atoms with Gasteiger partial charge in [0.05, 0.1) is 29.0 Å². The number of ether oxygens (including phenoxy) is 1. The molecular weight excluding hydrogens is 332 g/mol. The number of benzene rings is 2. The third-order valence-electron chi connectivity index (χ3n) is 2.85. The van der Waals surface area contributed by atoms with Crippen LogP contribution in [0.4, 0.5) is 5.69 Å². The van der Waals surface area contributed by atoms with Gasteiger partial charge in [0.2, 0.25) is 5.91 Å². The molecule has 1 N–H and O–H groups in total. The van der Waals surface area contributed by atoms with Crippen LogP contribution in [0.5, 0.6) is 5.75 Å². The molecule has 0 fully saturated rings. The first-order valence-corrected chi connectivity index (χ1v) is 8.47. The van der Waals surface area contributed by atoms with Gasteiger partial charge in [0, 0.05) is 11.4 Å². The Morgan fingerprint density at radius 1 is 1.22 bits per heavy atom. The molecule has 6 heteroatoms. The Balaban J connectivity index is 1.65. The summed E-state index contributed by atoms with van der Waals surface area (Å²) in [6.45, 7) is 0.485. The molecule has 0 spiro atoms. The van der Waals surface area contributed by atoms with E-state index in [4.69, 9.17) is 21.6 Å². The van der Waals surface area contributed by atoms with Crippen molar-refractivity contribution in [2.75, 3.05) is 23.4 Å². The minimum absolute atomic E-state index is 0.0857. The van der Waals surface area contributed by atoms with Crippen LogP contribution < -0.4 is 10.1 Å². The summed E-state index contributed by atoms with van der Waals surface area (Å²) in [7, 11) is 0. The summed E-state index contributed by atoms with van der Waals surface area (Å²) in [4.78, 5) is 11.8. The van der Waals surface area contributed by atoms with Gasteiger partial charge in [0.25, 0.3) is 0 Å². The average Bonchev–Trinajstić information content (AvgIpc) is 2.57. The number of halogens is 1. The van der Waals surface area contributed by atoms with Crippen LogP contribution in [0.15, 0.2) is 48.5 Å². The summed E-state index contributed by atoms with van der Waals surface area (Å²) in [6, 6.07) is 16.1. The van der Waals surface area contributed by atoms with Gasteiger partial charge in [-0.2, -0.15) is 5.26 Å². The van der Waals surface area contributed by atoms with E-state index in [1.165, 1.54) is 11.8 Å². The van der Waals surface area contributed by atoms with Crippen molar-refractivity contribution in [1.29, 1.82) is 5.26 Å². The number of hydrogen-bond acceptors (Lipinski definition) is 4. The van der Waals surface area contributed by atoms with E-state index in [0.29, 0.717) is 40.1 Å². The normalized spacial score (nSPS) is 9.91. The van der Waals surface area contributed by atoms with Crippen LogP contribution in [0, 0.1) is 11.3 Å². The molecule has 0 aliphatic rings. The number of hydrogen-bond donors (Lipinski definition) is 1. The Labute approximate surface area is 144 Å². The maximum absolute atomic E-state index is 11.8. The molecule has 0 unspecified atom stereocenters. The topological polar surface area (TPSA) is 62.1 Å². The first kappa shape index (κ1) is 17.2. The lowest BCUT2D eigenvalue weighted by molar-refractivity contribution is -0.113. The Morgan fingerprint density at radius 3 is 2.65 bits per heavy atom. The fraction of sp³-hybridized carbons (Fsp3) is 0.176. The minimum Gasteiger partial charge on any atom is -0.491 e. The molecule has 4 nitrogen and oxygen atoms in total. The number of para-hydroxylation sites is 1. The van der Waals surface area contributed by atoms with E-state index < -0.39 is 0 Å². The molecule has 0 saturated heterocycles. The van der Waals surface area contributed by atoms with Crippen molar-refractivity contribution >= 4 is 35.0 Å². The molecule has 118 valence electrons. The summed E-state index contributed by atoms with van der Waals surface area (Å²) in [5, 5.41) is 12.1. The quantitative estimate of drug-likeness (QED) is 0.771. The molecule has 0 radical (unpaired) electrons. The lowest BCUT2D eigenvalue weighted by atomic mass is 10.2. The molecule has 2 rings (SSSR count). The second-order valence-corrected chi connectivity index (χ2v) is 6.08. The smallest absolute Gasteiger partial charge is 0.234 e. The number of amides is 1. The van der Waals surface area contributed by atoms with Crippen molar-refractivity contribution in [2.45, 2.75) is 0 Å². The Hall–Kier alpha value is -2.16. The zero-order valence-electron chi connectivity index (χ0n) is 12.3. The van der Waals surface area contributed by atoms with Crippen molar-refractivity contribution in [3.8, 4) is 11.8 Å². The number of carbonyl (C=O) groups excluding carboxylic acids is 1. The highest BCUT2D eigenvalue weighted by Gasteiger charge is 2.04. The largest absolute Gasteiger partial charge is 0.491 e. The van der Waals surface area contributed by atoms with Crippen LogP contribution in [0.3, 0.4) is 0 Å². The van der Waals surface area contributed by atoms with Crippen LogP contribution >= 0.6 is 23.4 Å². The number of carbonyl (C=O) groups is 1. The first-order valence-electron chi connectivity index (χ1n) is 6.94. The van der Waals surface area contributed by atoms with E-state index in [0.717, 1.165) is 0 Å². The molecule has 0 aliphatic heterocycles. The third kappa shape index (κ3) is 5.85. The molecule has 0 atom stereocenters. The molecule has 0 aromatic heterocycles. The van der Waals surface area contributed by atoms with E-state index in [1.54, 1.807) is 30.3 Å². The Morgan fingerprint density at radius 2 is 1.96 bits per heavy atom. The predicted octanol–water partition coefficient (Wildman–Crippen LogP) is 3.96. The van der Waals surface area contributed by atoms with Crippen molar-refractivity contribution in [3.05, 3.63) is 59.1 Å². The number of thioether (sulfide) groups is 1. The Kier molecular flexibility index (Phi) is 6.79. The summed E-state index contributed by atoms with van der Waals surface area (Å²) >= 11 is 7.46. The average molecular weight is 347 g/mol. The predicted molar refractivity (Wildman–Crippen MR) is 94.1 cm³/mol. The fourth-order valence-electron chi connectivity index (χ4n) is 1.76. The zero-order chi connectivity index (χ0) is 16.5. The standard InChI is InChI=1S/C17H15ClN2O2S/c18-15-3-1-2-4-16(15)22-9-10-23-12-17(21)20-14-7-5-13(11-19)6-8-14/h1-8H,9-10,12H2,(H,20,21). The maximum Gasteiger partial charge on any atom is 0.234 e. The van der Waals surface area contributed by atoms with Crippen molar-refractivity contribution in [2.24, 2.45) is 0 Å². The number of anilines is 1. The summed E-state index contributed by atoms with van der Waals surface area (Å²) < 4.78 is 5.55. The second-order valence-electron chi connectivity index (χ2n) is 4.57. The van der Waals surface area contributed by atoms with E-state index in [1.807, 2.05) is 24.3 Å². The van der Waals surface area contributed by atoms with E-state index in [9.17, 15) is 4.79 Å². The van der Waals surface area contributed by atoms with Gasteiger partial charge in [-0.1, -0.05) is 23.7 Å². The highest BCUT2D eigenvalue weighted by Crippen LogP contribution is 2.23.